The minimum absolute atomic E-state index is 0.960. The van der Waals surface area contributed by atoms with Gasteiger partial charge in [-0.25, -0.2) is 4.57 Å². The van der Waals surface area contributed by atoms with E-state index in [1.54, 1.807) is 11.3 Å². The van der Waals surface area contributed by atoms with Gasteiger partial charge >= 0.3 is 19.6 Å². The largest absolute Gasteiger partial charge is 0.673 e. The van der Waals surface area contributed by atoms with E-state index in [2.05, 4.69) is 85.1 Å². The lowest BCUT2D eigenvalue weighted by Gasteiger charge is -2.05. The number of nitrogens with zero attached hydrogens (tertiary/aromatic N) is 4. The van der Waals surface area contributed by atoms with Gasteiger partial charge in [0.15, 0.2) is 11.4 Å². The smallest absolute Gasteiger partial charge is 0.418 e. The number of aryl methyl sites for hydroxylation is 7. The molecule has 0 radical (unpaired) electrons. The molecular weight excluding hydrogens is 514 g/mol. The van der Waals surface area contributed by atoms with Gasteiger partial charge in [0, 0.05) is 38.8 Å². The average molecular weight is 542 g/mol. The summed E-state index contributed by atoms with van der Waals surface area (Å²) in [4.78, 5) is 0. The van der Waals surface area contributed by atoms with Gasteiger partial charge in [0.25, 0.3) is 0 Å². The quantitative estimate of drug-likeness (QED) is 0.219. The van der Waals surface area contributed by atoms with E-state index in [9.17, 15) is 34.5 Å². The molecule has 0 N–H and O–H groups in total. The highest BCUT2D eigenvalue weighted by Crippen LogP contribution is 2.15. The Morgan fingerprint density at radius 2 is 1.06 bits per heavy atom. The maximum Gasteiger partial charge on any atom is 0.673 e. The Morgan fingerprint density at radius 3 is 1.47 bits per heavy atom. The fourth-order valence-corrected chi connectivity index (χ4v) is 4.72. The molecule has 3 aromatic heterocycles. The van der Waals surface area contributed by atoms with E-state index in [1.165, 1.54) is 33.9 Å². The van der Waals surface area contributed by atoms with Crippen LogP contribution in [0, 0.1) is 41.5 Å². The van der Waals surface area contributed by atoms with Crippen LogP contribution in [0.3, 0.4) is 0 Å². The molecule has 0 amide bonds. The van der Waals surface area contributed by atoms with Gasteiger partial charge in [0.1, 0.15) is 22.9 Å². The summed E-state index contributed by atoms with van der Waals surface area (Å²) in [6.45, 7) is 13.9. The van der Waals surface area contributed by atoms with Crippen LogP contribution >= 0.6 is 11.3 Å². The van der Waals surface area contributed by atoms with Crippen LogP contribution in [0.5, 0.6) is 0 Å². The molecular formula is C21H28B2F8N4S. The Bertz CT molecular complexity index is 1080. The normalized spacial score (nSPS) is 11.4. The number of rotatable bonds is 5. The third-order valence-corrected chi connectivity index (χ3v) is 5.69. The molecule has 3 heterocycles. The SMILES string of the molecule is Cc1cc(C)[n+](CCCc2nnc(-[n+]3c(C)cc(C)cc3C)s2)c(C)c1.F[B-](F)(F)F.F[B-](F)(F)F. The van der Waals surface area contributed by atoms with Crippen molar-refractivity contribution in [1.29, 1.82) is 0 Å². The first-order valence-electron chi connectivity index (χ1n) is 10.9. The molecule has 0 atom stereocenters. The highest BCUT2D eigenvalue weighted by Gasteiger charge is 2.22. The summed E-state index contributed by atoms with van der Waals surface area (Å²) in [6, 6.07) is 8.87. The molecule has 0 fully saturated rings. The minimum Gasteiger partial charge on any atom is -0.418 e. The van der Waals surface area contributed by atoms with E-state index in [-0.39, 0.29) is 0 Å². The molecule has 4 nitrogen and oxygen atoms in total. The lowest BCUT2D eigenvalue weighted by atomic mass is 10.2. The number of hydrogen-bond donors (Lipinski definition) is 0. The molecule has 0 bridgehead atoms. The molecule has 0 aliphatic heterocycles. The van der Waals surface area contributed by atoms with Crippen LogP contribution in [0.4, 0.5) is 34.5 Å². The van der Waals surface area contributed by atoms with Crippen LogP contribution < -0.4 is 9.13 Å². The number of aromatic nitrogens is 4. The Labute approximate surface area is 209 Å². The summed E-state index contributed by atoms with van der Waals surface area (Å²) in [5, 5.41) is 10.9. The van der Waals surface area contributed by atoms with E-state index < -0.39 is 14.5 Å². The summed E-state index contributed by atoms with van der Waals surface area (Å²) in [5.41, 5.74) is 7.65. The van der Waals surface area contributed by atoms with Crippen molar-refractivity contribution in [2.75, 3.05) is 0 Å². The highest BCUT2D eigenvalue weighted by atomic mass is 32.1. The second-order valence-corrected chi connectivity index (χ2v) is 9.23. The van der Waals surface area contributed by atoms with Crippen LogP contribution in [0.25, 0.3) is 5.13 Å². The van der Waals surface area contributed by atoms with Gasteiger partial charge < -0.3 is 34.5 Å². The fraction of sp³-hybridized carbons (Fsp3) is 0.429. The molecule has 15 heteroatoms. The molecule has 3 aromatic rings. The molecule has 0 saturated carbocycles. The van der Waals surface area contributed by atoms with Gasteiger partial charge in [-0.05, 0) is 67.4 Å². The van der Waals surface area contributed by atoms with Gasteiger partial charge in [0.2, 0.25) is 0 Å². The highest BCUT2D eigenvalue weighted by molar-refractivity contribution is 7.13. The molecule has 0 unspecified atom stereocenters. The minimum atomic E-state index is -6.00. The van der Waals surface area contributed by atoms with Gasteiger partial charge in [-0.1, -0.05) is 0 Å². The molecule has 0 aliphatic rings. The summed E-state index contributed by atoms with van der Waals surface area (Å²) in [6.07, 6.45) is 2.03. The maximum atomic E-state index is 9.75. The van der Waals surface area contributed by atoms with Gasteiger partial charge in [-0.2, -0.15) is 4.57 Å². The maximum absolute atomic E-state index is 9.75. The van der Waals surface area contributed by atoms with E-state index >= 15 is 0 Å². The summed E-state index contributed by atoms with van der Waals surface area (Å²) < 4.78 is 82.6. The summed E-state index contributed by atoms with van der Waals surface area (Å²) >= 11 is 1.70. The second kappa shape index (κ2) is 13.1. The zero-order valence-corrected chi connectivity index (χ0v) is 21.6. The van der Waals surface area contributed by atoms with Crippen LogP contribution in [0.15, 0.2) is 24.3 Å². The Hall–Kier alpha value is -2.57. The fourth-order valence-electron chi connectivity index (χ4n) is 3.72. The molecule has 0 aliphatic carbocycles. The standard InChI is InChI=1S/C21H28N4S.2BF4/c1-14-10-16(3)24(17(4)11-14)9-7-8-20-22-23-21(26-20)25-18(5)12-15(2)13-19(25)6;2*2-1(3,4)5/h10-13H,7-9H2,1-6H3;;/q+2;2*-1. The molecule has 0 saturated heterocycles. The van der Waals surface area contributed by atoms with Gasteiger partial charge in [0.05, 0.1) is 5.10 Å². The van der Waals surface area contributed by atoms with Crippen molar-refractivity contribution in [1.82, 2.24) is 10.2 Å². The van der Waals surface area contributed by atoms with Crippen molar-refractivity contribution in [2.45, 2.75) is 60.9 Å². The van der Waals surface area contributed by atoms with E-state index in [0.717, 1.165) is 29.5 Å². The Kier molecular flexibility index (Phi) is 11.5. The first-order chi connectivity index (χ1) is 16.3. The Balaban J connectivity index is 0.000000550. The van der Waals surface area contributed by atoms with Crippen molar-refractivity contribution in [3.05, 3.63) is 63.2 Å². The zero-order chi connectivity index (χ0) is 27.8. The average Bonchev–Trinajstić information content (AvgIpc) is 3.08. The van der Waals surface area contributed by atoms with Crippen molar-refractivity contribution in [2.24, 2.45) is 0 Å². The molecule has 0 aromatic carbocycles. The summed E-state index contributed by atoms with van der Waals surface area (Å²) in [5.74, 6) is 0. The third-order valence-electron chi connectivity index (χ3n) is 4.72. The van der Waals surface area contributed by atoms with Crippen LogP contribution in [0.2, 0.25) is 0 Å². The zero-order valence-electron chi connectivity index (χ0n) is 20.8. The van der Waals surface area contributed by atoms with Crippen molar-refractivity contribution < 1.29 is 43.7 Å². The van der Waals surface area contributed by atoms with E-state index in [1.807, 2.05) is 0 Å². The second-order valence-electron chi connectivity index (χ2n) is 8.19. The predicted molar refractivity (Wildman–Crippen MR) is 125 cm³/mol. The predicted octanol–water partition coefficient (Wildman–Crippen LogP) is 6.19. The number of hydrogen-bond acceptors (Lipinski definition) is 3. The van der Waals surface area contributed by atoms with Crippen molar-refractivity contribution >= 4 is 25.8 Å². The van der Waals surface area contributed by atoms with E-state index in [0.29, 0.717) is 0 Å². The topological polar surface area (TPSA) is 33.5 Å². The van der Waals surface area contributed by atoms with Gasteiger partial charge in [-0.15, -0.1) is 0 Å². The Morgan fingerprint density at radius 1 is 0.667 bits per heavy atom. The molecule has 200 valence electrons. The lowest BCUT2D eigenvalue weighted by molar-refractivity contribution is -0.708. The first kappa shape index (κ1) is 31.5. The van der Waals surface area contributed by atoms with Crippen LogP contribution in [-0.2, 0) is 13.0 Å². The molecule has 0 spiro atoms. The van der Waals surface area contributed by atoms with Crippen molar-refractivity contribution in [3.63, 3.8) is 0 Å². The van der Waals surface area contributed by atoms with Crippen LogP contribution in [0.1, 0.15) is 45.3 Å². The molecule has 3 rings (SSSR count). The number of halogens is 8. The first-order valence-corrected chi connectivity index (χ1v) is 11.7. The van der Waals surface area contributed by atoms with E-state index in [4.69, 9.17) is 0 Å². The number of pyridine rings is 2. The van der Waals surface area contributed by atoms with Crippen molar-refractivity contribution in [3.8, 4) is 5.13 Å². The van der Waals surface area contributed by atoms with Gasteiger partial charge in [-0.3, -0.25) is 0 Å². The monoisotopic (exact) mass is 542 g/mol. The molecule has 36 heavy (non-hydrogen) atoms. The third kappa shape index (κ3) is 12.4. The summed E-state index contributed by atoms with van der Waals surface area (Å²) in [7, 11) is -12.0. The van der Waals surface area contributed by atoms with Crippen LogP contribution in [-0.4, -0.2) is 24.7 Å². The lowest BCUT2D eigenvalue weighted by Crippen LogP contribution is -2.40.